The minimum Gasteiger partial charge on any atom is -0.419 e. The van der Waals surface area contributed by atoms with Gasteiger partial charge in [0.15, 0.2) is 9.04 Å². The summed E-state index contributed by atoms with van der Waals surface area (Å²) in [5.41, 5.74) is 0. The van der Waals surface area contributed by atoms with Crippen LogP contribution < -0.4 is 0 Å². The van der Waals surface area contributed by atoms with Gasteiger partial charge in [0.25, 0.3) is 0 Å². The summed E-state index contributed by atoms with van der Waals surface area (Å²) in [4.78, 5) is 0. The summed E-state index contributed by atoms with van der Waals surface area (Å²) in [6.07, 6.45) is 3.97. The van der Waals surface area contributed by atoms with E-state index in [9.17, 15) is 0 Å². The van der Waals surface area contributed by atoms with Crippen molar-refractivity contribution in [2.24, 2.45) is 0 Å². The van der Waals surface area contributed by atoms with Crippen molar-refractivity contribution in [2.75, 3.05) is 6.61 Å². The second-order valence-corrected chi connectivity index (χ2v) is 21.8. The molecule has 0 saturated carbocycles. The van der Waals surface area contributed by atoms with Gasteiger partial charge in [0, 0.05) is 15.4 Å². The molecule has 0 unspecified atom stereocenters. The van der Waals surface area contributed by atoms with E-state index >= 15 is 0 Å². The highest BCUT2D eigenvalue weighted by Crippen LogP contribution is 2.45. The largest absolute Gasteiger partial charge is 0.419 e. The second-order valence-electron chi connectivity index (χ2n) is 12.1. The average molecular weight is 373 g/mol. The highest BCUT2D eigenvalue weighted by atomic mass is 28.3. The maximum absolute atomic E-state index is 6.46. The van der Waals surface area contributed by atoms with Crippen LogP contribution in [0.25, 0.3) is 0 Å². The van der Waals surface area contributed by atoms with Crippen molar-refractivity contribution in [3.8, 4) is 0 Å². The Morgan fingerprint density at radius 2 is 0.958 bits per heavy atom. The minimum atomic E-state index is -1.23. The number of hydrogen-bond donors (Lipinski definition) is 0. The quantitative estimate of drug-likeness (QED) is 0.336. The van der Waals surface area contributed by atoms with Crippen LogP contribution in [-0.4, -0.2) is 24.4 Å². The van der Waals surface area contributed by atoms with Crippen molar-refractivity contribution in [2.45, 2.75) is 129 Å². The normalized spacial score (nSPS) is 14.8. The van der Waals surface area contributed by atoms with Crippen LogP contribution in [0.15, 0.2) is 0 Å². The van der Waals surface area contributed by atoms with Crippen molar-refractivity contribution < 1.29 is 4.43 Å². The van der Waals surface area contributed by atoms with Crippen molar-refractivity contribution in [3.63, 3.8) is 0 Å². The zero-order valence-corrected chi connectivity index (χ0v) is 21.4. The Kier molecular flexibility index (Phi) is 9.00. The van der Waals surface area contributed by atoms with Gasteiger partial charge in [0.05, 0.1) is 0 Å². The van der Waals surface area contributed by atoms with Crippen molar-refractivity contribution in [1.29, 1.82) is 0 Å². The number of rotatable bonds is 7. The van der Waals surface area contributed by atoms with Gasteiger partial charge in [0.2, 0.25) is 0 Å². The first-order valence-corrected chi connectivity index (χ1v) is 13.7. The average Bonchev–Trinajstić information content (AvgIpc) is 2.25. The van der Waals surface area contributed by atoms with Crippen LogP contribution in [0.5, 0.6) is 0 Å². The summed E-state index contributed by atoms with van der Waals surface area (Å²) in [5, 5.41) is 1.75. The van der Waals surface area contributed by atoms with E-state index in [4.69, 9.17) is 4.43 Å². The van der Waals surface area contributed by atoms with E-state index in [1.807, 2.05) is 0 Å². The van der Waals surface area contributed by atoms with Gasteiger partial charge in [-0.05, 0) is 26.6 Å². The maximum atomic E-state index is 6.46. The Balaban J connectivity index is 4.31. The van der Waals surface area contributed by atoms with Crippen LogP contribution in [0.4, 0.5) is 0 Å². The van der Waals surface area contributed by atoms with Gasteiger partial charge in [-0.25, -0.2) is 0 Å². The minimum absolute atomic E-state index is 0.342. The van der Waals surface area contributed by atoms with Crippen LogP contribution in [0.3, 0.4) is 0 Å². The third-order valence-electron chi connectivity index (χ3n) is 5.09. The molecule has 0 aromatic rings. The van der Waals surface area contributed by atoms with E-state index in [0.717, 1.165) is 6.61 Å². The van der Waals surface area contributed by atoms with Gasteiger partial charge in [-0.15, -0.1) is 0 Å². The Labute approximate surface area is 157 Å². The zero-order valence-electron chi connectivity index (χ0n) is 19.1. The van der Waals surface area contributed by atoms with Gasteiger partial charge in [0.1, 0.15) is 0 Å². The fourth-order valence-electron chi connectivity index (χ4n) is 4.79. The number of hydrogen-bond acceptors (Lipinski definition) is 1. The lowest BCUT2D eigenvalue weighted by Crippen LogP contribution is -2.38. The van der Waals surface area contributed by atoms with Crippen molar-refractivity contribution >= 4 is 17.8 Å². The molecule has 0 aromatic carbocycles. The van der Waals surface area contributed by atoms with E-state index in [1.54, 1.807) is 0 Å². The molecular weight excluding hydrogens is 324 g/mol. The molecule has 0 spiro atoms. The fraction of sp³-hybridized carbons (Fsp3) is 1.00. The van der Waals surface area contributed by atoms with E-state index in [0.29, 0.717) is 20.2 Å². The van der Waals surface area contributed by atoms with Crippen molar-refractivity contribution in [1.82, 2.24) is 0 Å². The standard InChI is InChI=1S/C21H48OSi2/c1-18(2,3)23(19(4,5)6)17-15-13-14-16-22-24(20(7,8)9)21(10,11)12/h23-24H,13-17H2,1-12H3. The Morgan fingerprint density at radius 3 is 1.29 bits per heavy atom. The number of unbranched alkanes of at least 4 members (excludes halogenated alkanes) is 2. The lowest BCUT2D eigenvalue weighted by Gasteiger charge is -2.40. The molecule has 0 aliphatic carbocycles. The van der Waals surface area contributed by atoms with E-state index in [1.165, 1.54) is 25.3 Å². The third kappa shape index (κ3) is 9.19. The van der Waals surface area contributed by atoms with Crippen LogP contribution >= 0.6 is 0 Å². The first kappa shape index (κ1) is 24.4. The molecule has 0 heterocycles. The predicted octanol–water partition coefficient (Wildman–Crippen LogP) is 7.32. The van der Waals surface area contributed by atoms with Gasteiger partial charge < -0.3 is 4.43 Å². The molecule has 24 heavy (non-hydrogen) atoms. The van der Waals surface area contributed by atoms with E-state index in [2.05, 4.69) is 83.1 Å². The SMILES string of the molecule is CC(C)(C)[SiH](CCCCCO[SiH](C(C)(C)C)C(C)(C)C)C(C)(C)C. The molecule has 0 saturated heterocycles. The molecular formula is C21H48OSi2. The van der Waals surface area contributed by atoms with Gasteiger partial charge in [-0.1, -0.05) is 102 Å². The molecule has 146 valence electrons. The Bertz CT molecular complexity index is 286. The zero-order chi connectivity index (χ0) is 19.4. The van der Waals surface area contributed by atoms with E-state index in [-0.39, 0.29) is 0 Å². The predicted molar refractivity (Wildman–Crippen MR) is 118 cm³/mol. The highest BCUT2D eigenvalue weighted by molar-refractivity contribution is 6.65. The lowest BCUT2D eigenvalue weighted by molar-refractivity contribution is 0.274. The molecule has 0 aromatic heterocycles. The monoisotopic (exact) mass is 372 g/mol. The lowest BCUT2D eigenvalue weighted by atomic mass is 10.2. The first-order chi connectivity index (χ1) is 10.5. The Morgan fingerprint density at radius 1 is 0.542 bits per heavy atom. The van der Waals surface area contributed by atoms with Crippen molar-refractivity contribution in [3.05, 3.63) is 0 Å². The molecule has 0 fully saturated rings. The van der Waals surface area contributed by atoms with E-state index < -0.39 is 17.8 Å². The second kappa shape index (κ2) is 8.86. The fourth-order valence-corrected chi connectivity index (χ4v) is 13.8. The van der Waals surface area contributed by atoms with Crippen LogP contribution in [0.1, 0.15) is 102 Å². The topological polar surface area (TPSA) is 9.23 Å². The third-order valence-corrected chi connectivity index (χ3v) is 14.0. The summed E-state index contributed by atoms with van der Waals surface area (Å²) in [6, 6.07) is 1.48. The highest BCUT2D eigenvalue weighted by Gasteiger charge is 2.38. The summed E-state index contributed by atoms with van der Waals surface area (Å²) < 4.78 is 6.46. The van der Waals surface area contributed by atoms with Gasteiger partial charge in [-0.3, -0.25) is 0 Å². The molecule has 0 rings (SSSR count). The molecule has 3 heteroatoms. The summed E-state index contributed by atoms with van der Waals surface area (Å²) in [5.74, 6) is 0. The summed E-state index contributed by atoms with van der Waals surface area (Å²) >= 11 is 0. The molecule has 0 bridgehead atoms. The molecule has 0 radical (unpaired) electrons. The smallest absolute Gasteiger partial charge is 0.187 e. The van der Waals surface area contributed by atoms with Gasteiger partial charge in [-0.2, -0.15) is 0 Å². The van der Waals surface area contributed by atoms with Crippen LogP contribution in [0, 0.1) is 0 Å². The summed E-state index contributed by atoms with van der Waals surface area (Å²) in [7, 11) is -2.00. The molecule has 0 N–H and O–H groups in total. The first-order valence-electron chi connectivity index (χ1n) is 10.1. The molecule has 0 aliphatic rings. The molecule has 0 atom stereocenters. The molecule has 1 nitrogen and oxygen atoms in total. The van der Waals surface area contributed by atoms with Gasteiger partial charge >= 0.3 is 0 Å². The van der Waals surface area contributed by atoms with Crippen LogP contribution in [-0.2, 0) is 4.43 Å². The maximum Gasteiger partial charge on any atom is 0.187 e. The molecule has 0 amide bonds. The molecule has 0 aliphatic heterocycles. The summed E-state index contributed by atoms with van der Waals surface area (Å²) in [6.45, 7) is 29.9. The Hall–Kier alpha value is 0.394. The van der Waals surface area contributed by atoms with Crippen LogP contribution in [0.2, 0.25) is 26.2 Å².